The summed E-state index contributed by atoms with van der Waals surface area (Å²) in [5, 5.41) is 11.5. The quantitative estimate of drug-likeness (QED) is 0.458. The molecule has 0 aromatic heterocycles. The minimum Gasteiger partial charge on any atom is -0.370 e. The first-order valence-corrected chi connectivity index (χ1v) is 7.21. The van der Waals surface area contributed by atoms with E-state index in [0.29, 0.717) is 11.6 Å². The fourth-order valence-corrected chi connectivity index (χ4v) is 2.59. The largest absolute Gasteiger partial charge is 0.370 e. The Morgan fingerprint density at radius 3 is 2.62 bits per heavy atom. The second-order valence-corrected chi connectivity index (χ2v) is 5.39. The van der Waals surface area contributed by atoms with Crippen LogP contribution in [0.3, 0.4) is 0 Å². The van der Waals surface area contributed by atoms with Crippen LogP contribution >= 0.6 is 23.2 Å². The first-order chi connectivity index (χ1) is 10.0. The predicted molar refractivity (Wildman–Crippen MR) is 86.2 cm³/mol. The number of halogens is 2. The van der Waals surface area contributed by atoms with Gasteiger partial charge in [-0.05, 0) is 29.3 Å². The van der Waals surface area contributed by atoms with Crippen LogP contribution in [0.25, 0.3) is 0 Å². The van der Waals surface area contributed by atoms with Crippen LogP contribution in [0.5, 0.6) is 0 Å². The minimum atomic E-state index is -0.420. The zero-order chi connectivity index (χ0) is 15.4. The Balaban J connectivity index is 2.26. The molecule has 0 aliphatic carbocycles. The van der Waals surface area contributed by atoms with Crippen LogP contribution in [0.2, 0.25) is 5.02 Å². The maximum absolute atomic E-state index is 10.8. The Morgan fingerprint density at radius 1 is 1.24 bits per heavy atom. The van der Waals surface area contributed by atoms with Crippen molar-refractivity contribution in [1.82, 2.24) is 0 Å². The molecule has 2 aromatic rings. The minimum absolute atomic E-state index is 0.0468. The van der Waals surface area contributed by atoms with Gasteiger partial charge in [-0.2, -0.15) is 0 Å². The lowest BCUT2D eigenvalue weighted by Gasteiger charge is -2.22. The van der Waals surface area contributed by atoms with E-state index in [1.807, 2.05) is 36.2 Å². The molecule has 0 unspecified atom stereocenters. The molecule has 0 aliphatic heterocycles. The van der Waals surface area contributed by atoms with E-state index in [9.17, 15) is 10.1 Å². The summed E-state index contributed by atoms with van der Waals surface area (Å²) < 4.78 is 0. The lowest BCUT2D eigenvalue weighted by Crippen LogP contribution is -2.17. The van der Waals surface area contributed by atoms with Crippen molar-refractivity contribution in [2.75, 3.05) is 11.9 Å². The summed E-state index contributed by atoms with van der Waals surface area (Å²) in [7, 11) is 1.91. The number of anilines is 1. The topological polar surface area (TPSA) is 46.4 Å². The molecule has 0 bridgehead atoms. The van der Waals surface area contributed by atoms with Crippen molar-refractivity contribution >= 4 is 34.6 Å². The van der Waals surface area contributed by atoms with E-state index in [-0.39, 0.29) is 11.6 Å². The maximum atomic E-state index is 10.8. The number of hydrogen-bond acceptors (Lipinski definition) is 3. The monoisotopic (exact) mass is 324 g/mol. The molecule has 0 spiro atoms. The summed E-state index contributed by atoms with van der Waals surface area (Å²) in [5.74, 6) is 0.219. The molecule has 0 N–H and O–H groups in total. The molecule has 2 rings (SSSR count). The van der Waals surface area contributed by atoms with E-state index in [1.54, 1.807) is 6.07 Å². The van der Waals surface area contributed by atoms with Gasteiger partial charge in [0.05, 0.1) is 4.92 Å². The SMILES string of the molecule is CN(Cc1cccc(Cl)c1)c1ccc([N+](=O)[O-])cc1CCl. The van der Waals surface area contributed by atoms with E-state index in [1.165, 1.54) is 12.1 Å². The molecular formula is C15H14Cl2N2O2. The van der Waals surface area contributed by atoms with Crippen molar-refractivity contribution < 1.29 is 4.92 Å². The lowest BCUT2D eigenvalue weighted by atomic mass is 10.1. The number of benzene rings is 2. The van der Waals surface area contributed by atoms with Crippen LogP contribution in [0.4, 0.5) is 11.4 Å². The highest BCUT2D eigenvalue weighted by Gasteiger charge is 2.13. The molecule has 2 aromatic carbocycles. The van der Waals surface area contributed by atoms with Crippen molar-refractivity contribution in [1.29, 1.82) is 0 Å². The molecule has 0 fully saturated rings. The smallest absolute Gasteiger partial charge is 0.269 e. The average Bonchev–Trinajstić information content (AvgIpc) is 2.46. The highest BCUT2D eigenvalue weighted by Crippen LogP contribution is 2.27. The maximum Gasteiger partial charge on any atom is 0.269 e. The standard InChI is InChI=1S/C15H14Cl2N2O2/c1-18(10-11-3-2-4-13(17)7-11)15-6-5-14(19(20)21)8-12(15)9-16/h2-8H,9-10H2,1H3. The summed E-state index contributed by atoms with van der Waals surface area (Å²) in [6.07, 6.45) is 0. The van der Waals surface area contributed by atoms with Crippen LogP contribution in [0, 0.1) is 10.1 Å². The van der Waals surface area contributed by atoms with Gasteiger partial charge in [-0.15, -0.1) is 11.6 Å². The molecule has 0 amide bonds. The Bertz CT molecular complexity index is 662. The highest BCUT2D eigenvalue weighted by atomic mass is 35.5. The Labute approximate surface area is 133 Å². The van der Waals surface area contributed by atoms with Gasteiger partial charge in [-0.1, -0.05) is 23.7 Å². The highest BCUT2D eigenvalue weighted by molar-refractivity contribution is 6.30. The van der Waals surface area contributed by atoms with Crippen molar-refractivity contribution in [2.24, 2.45) is 0 Å². The van der Waals surface area contributed by atoms with Crippen LogP contribution in [-0.2, 0) is 12.4 Å². The fourth-order valence-electron chi connectivity index (χ4n) is 2.16. The van der Waals surface area contributed by atoms with Crippen molar-refractivity contribution in [2.45, 2.75) is 12.4 Å². The van der Waals surface area contributed by atoms with Crippen LogP contribution < -0.4 is 4.90 Å². The first kappa shape index (κ1) is 15.6. The fraction of sp³-hybridized carbons (Fsp3) is 0.200. The Morgan fingerprint density at radius 2 is 2.00 bits per heavy atom. The van der Waals surface area contributed by atoms with Gasteiger partial charge in [-0.3, -0.25) is 10.1 Å². The number of non-ortho nitro benzene ring substituents is 1. The van der Waals surface area contributed by atoms with Crippen molar-refractivity contribution in [3.05, 3.63) is 68.7 Å². The zero-order valence-electron chi connectivity index (χ0n) is 11.4. The Kier molecular flexibility index (Phi) is 5.04. The zero-order valence-corrected chi connectivity index (χ0v) is 12.9. The van der Waals surface area contributed by atoms with Crippen molar-refractivity contribution in [3.63, 3.8) is 0 Å². The molecule has 4 nitrogen and oxygen atoms in total. The molecular weight excluding hydrogens is 311 g/mol. The number of rotatable bonds is 5. The molecule has 21 heavy (non-hydrogen) atoms. The van der Waals surface area contributed by atoms with Gasteiger partial charge in [0.25, 0.3) is 5.69 Å². The van der Waals surface area contributed by atoms with Crippen molar-refractivity contribution in [3.8, 4) is 0 Å². The number of nitro groups is 1. The van der Waals surface area contributed by atoms with E-state index in [2.05, 4.69) is 0 Å². The van der Waals surface area contributed by atoms with Gasteiger partial charge >= 0.3 is 0 Å². The van der Waals surface area contributed by atoms with Crippen LogP contribution in [0.15, 0.2) is 42.5 Å². The van der Waals surface area contributed by atoms with Crippen LogP contribution in [0.1, 0.15) is 11.1 Å². The van der Waals surface area contributed by atoms with Gasteiger partial charge < -0.3 is 4.90 Å². The first-order valence-electron chi connectivity index (χ1n) is 6.30. The van der Waals surface area contributed by atoms with E-state index < -0.39 is 4.92 Å². The molecule has 110 valence electrons. The predicted octanol–water partition coefficient (Wildman–Crippen LogP) is 4.62. The third kappa shape index (κ3) is 3.86. The molecule has 0 saturated carbocycles. The molecule has 0 heterocycles. The Hall–Kier alpha value is -1.78. The average molecular weight is 325 g/mol. The molecule has 0 atom stereocenters. The normalized spacial score (nSPS) is 10.4. The number of nitrogens with zero attached hydrogens (tertiary/aromatic N) is 2. The molecule has 0 saturated heterocycles. The number of nitro benzene ring substituents is 1. The van der Waals surface area contributed by atoms with E-state index >= 15 is 0 Å². The summed E-state index contributed by atoms with van der Waals surface area (Å²) in [4.78, 5) is 12.4. The second-order valence-electron chi connectivity index (χ2n) is 4.69. The number of hydrogen-bond donors (Lipinski definition) is 0. The van der Waals surface area contributed by atoms with Crippen LogP contribution in [-0.4, -0.2) is 12.0 Å². The van der Waals surface area contributed by atoms with E-state index in [4.69, 9.17) is 23.2 Å². The summed E-state index contributed by atoms with van der Waals surface area (Å²) in [6, 6.07) is 12.3. The van der Waals surface area contributed by atoms with Gasteiger partial charge in [0.2, 0.25) is 0 Å². The molecule has 6 heteroatoms. The third-order valence-electron chi connectivity index (χ3n) is 3.14. The van der Waals surface area contributed by atoms with Gasteiger partial charge in [0.1, 0.15) is 0 Å². The summed E-state index contributed by atoms with van der Waals surface area (Å²) >= 11 is 11.9. The third-order valence-corrected chi connectivity index (χ3v) is 3.66. The van der Waals surface area contributed by atoms with Gasteiger partial charge in [0.15, 0.2) is 0 Å². The van der Waals surface area contributed by atoms with Gasteiger partial charge in [0, 0.05) is 42.3 Å². The molecule has 0 radical (unpaired) electrons. The van der Waals surface area contributed by atoms with Gasteiger partial charge in [-0.25, -0.2) is 0 Å². The number of alkyl halides is 1. The lowest BCUT2D eigenvalue weighted by molar-refractivity contribution is -0.384. The summed E-state index contributed by atoms with van der Waals surface area (Å²) in [6.45, 7) is 0.641. The summed E-state index contributed by atoms with van der Waals surface area (Å²) in [5.41, 5.74) is 2.71. The molecule has 0 aliphatic rings. The van der Waals surface area contributed by atoms with E-state index in [0.717, 1.165) is 16.8 Å². The second kappa shape index (κ2) is 6.78.